The van der Waals surface area contributed by atoms with Crippen molar-refractivity contribution in [2.45, 2.75) is 44.2 Å². The molecule has 0 aromatic carbocycles. The standard InChI is InChI=1S/C12H18N2O3/c15-11(16)8-10-6-3-7-14(10)12(17)13-9-4-1-2-5-9/h1-2,9-10H,3-8H2,(H,13,17)(H,15,16). The fraction of sp³-hybridized carbons (Fsp3) is 0.667. The molecule has 94 valence electrons. The summed E-state index contributed by atoms with van der Waals surface area (Å²) in [6, 6.07) is -0.0575. The first-order valence-corrected chi connectivity index (χ1v) is 6.10. The molecule has 0 radical (unpaired) electrons. The molecule has 1 heterocycles. The highest BCUT2D eigenvalue weighted by Gasteiger charge is 2.31. The fourth-order valence-corrected chi connectivity index (χ4v) is 2.51. The molecule has 2 N–H and O–H groups in total. The Bertz CT molecular complexity index is 333. The molecule has 2 rings (SSSR count). The summed E-state index contributed by atoms with van der Waals surface area (Å²) in [5, 5.41) is 11.7. The van der Waals surface area contributed by atoms with Crippen molar-refractivity contribution in [3.8, 4) is 0 Å². The quantitative estimate of drug-likeness (QED) is 0.729. The van der Waals surface area contributed by atoms with Gasteiger partial charge in [0.25, 0.3) is 0 Å². The van der Waals surface area contributed by atoms with E-state index in [-0.39, 0.29) is 24.5 Å². The molecule has 1 aliphatic carbocycles. The van der Waals surface area contributed by atoms with Gasteiger partial charge in [-0.3, -0.25) is 4.79 Å². The first-order valence-electron chi connectivity index (χ1n) is 6.10. The second kappa shape index (κ2) is 5.21. The van der Waals surface area contributed by atoms with Crippen molar-refractivity contribution in [1.29, 1.82) is 0 Å². The van der Waals surface area contributed by atoms with Gasteiger partial charge in [0, 0.05) is 18.6 Å². The van der Waals surface area contributed by atoms with Gasteiger partial charge >= 0.3 is 12.0 Å². The number of likely N-dealkylation sites (tertiary alicyclic amines) is 1. The largest absolute Gasteiger partial charge is 0.481 e. The number of carboxylic acids is 1. The Labute approximate surface area is 100 Å². The minimum absolute atomic E-state index is 0.0519. The van der Waals surface area contributed by atoms with Gasteiger partial charge in [-0.25, -0.2) is 4.79 Å². The van der Waals surface area contributed by atoms with Crippen molar-refractivity contribution in [3.05, 3.63) is 12.2 Å². The molecule has 17 heavy (non-hydrogen) atoms. The van der Waals surface area contributed by atoms with Crippen LogP contribution in [0.3, 0.4) is 0 Å². The third-order valence-corrected chi connectivity index (χ3v) is 3.38. The molecule has 1 saturated heterocycles. The van der Waals surface area contributed by atoms with E-state index in [1.54, 1.807) is 4.90 Å². The monoisotopic (exact) mass is 238 g/mol. The minimum Gasteiger partial charge on any atom is -0.481 e. The first-order chi connectivity index (χ1) is 8.16. The lowest BCUT2D eigenvalue weighted by Gasteiger charge is -2.25. The van der Waals surface area contributed by atoms with Gasteiger partial charge in [0.05, 0.1) is 6.42 Å². The third kappa shape index (κ3) is 2.99. The van der Waals surface area contributed by atoms with Crippen LogP contribution < -0.4 is 5.32 Å². The number of nitrogens with one attached hydrogen (secondary N) is 1. The van der Waals surface area contributed by atoms with E-state index in [4.69, 9.17) is 5.11 Å². The maximum atomic E-state index is 12.0. The Morgan fingerprint density at radius 2 is 2.06 bits per heavy atom. The fourth-order valence-electron chi connectivity index (χ4n) is 2.51. The van der Waals surface area contributed by atoms with E-state index in [0.717, 1.165) is 25.7 Å². The maximum absolute atomic E-state index is 12.0. The number of hydrogen-bond donors (Lipinski definition) is 2. The molecule has 1 atom stereocenters. The number of urea groups is 1. The van der Waals surface area contributed by atoms with E-state index in [0.29, 0.717) is 6.54 Å². The van der Waals surface area contributed by atoms with Crippen LogP contribution in [0, 0.1) is 0 Å². The van der Waals surface area contributed by atoms with Gasteiger partial charge in [-0.2, -0.15) is 0 Å². The van der Waals surface area contributed by atoms with Crippen molar-refractivity contribution < 1.29 is 14.7 Å². The molecule has 5 nitrogen and oxygen atoms in total. The molecule has 0 saturated carbocycles. The van der Waals surface area contributed by atoms with Crippen molar-refractivity contribution in [2.24, 2.45) is 0 Å². The SMILES string of the molecule is O=C(O)CC1CCCN1C(=O)NC1CC=CC1. The van der Waals surface area contributed by atoms with Crippen molar-refractivity contribution in [1.82, 2.24) is 10.2 Å². The molecule has 1 fully saturated rings. The number of carboxylic acid groups (broad SMARTS) is 1. The predicted octanol–water partition coefficient (Wildman–Crippen LogP) is 1.35. The average molecular weight is 238 g/mol. The van der Waals surface area contributed by atoms with Crippen LogP contribution in [0.1, 0.15) is 32.1 Å². The van der Waals surface area contributed by atoms with Crippen LogP contribution in [0.25, 0.3) is 0 Å². The van der Waals surface area contributed by atoms with Gasteiger partial charge in [-0.1, -0.05) is 12.2 Å². The first kappa shape index (κ1) is 12.0. The molecule has 5 heteroatoms. The molecule has 1 aliphatic heterocycles. The second-order valence-electron chi connectivity index (χ2n) is 4.68. The van der Waals surface area contributed by atoms with E-state index in [1.165, 1.54) is 0 Å². The lowest BCUT2D eigenvalue weighted by molar-refractivity contribution is -0.137. The number of carbonyl (C=O) groups excluding carboxylic acids is 1. The molecule has 1 unspecified atom stereocenters. The number of aliphatic carboxylic acids is 1. The summed E-state index contributed by atoms with van der Waals surface area (Å²) in [5.74, 6) is -0.836. The summed E-state index contributed by atoms with van der Waals surface area (Å²) in [7, 11) is 0. The van der Waals surface area contributed by atoms with Gasteiger partial charge in [0.1, 0.15) is 0 Å². The lowest BCUT2D eigenvalue weighted by Crippen LogP contribution is -2.46. The minimum atomic E-state index is -0.836. The highest BCUT2D eigenvalue weighted by atomic mass is 16.4. The molecular weight excluding hydrogens is 220 g/mol. The molecule has 0 spiro atoms. The van der Waals surface area contributed by atoms with E-state index >= 15 is 0 Å². The molecular formula is C12H18N2O3. The third-order valence-electron chi connectivity index (χ3n) is 3.38. The number of hydrogen-bond acceptors (Lipinski definition) is 2. The van der Waals surface area contributed by atoms with Crippen LogP contribution in [-0.4, -0.2) is 40.6 Å². The predicted molar refractivity (Wildman–Crippen MR) is 62.7 cm³/mol. The lowest BCUT2D eigenvalue weighted by atomic mass is 10.1. The number of carbonyl (C=O) groups is 2. The Balaban J connectivity index is 1.86. The molecule has 2 aliphatic rings. The Morgan fingerprint density at radius 3 is 2.71 bits per heavy atom. The highest BCUT2D eigenvalue weighted by Crippen LogP contribution is 2.21. The van der Waals surface area contributed by atoms with Gasteiger partial charge in [-0.15, -0.1) is 0 Å². The van der Waals surface area contributed by atoms with Crippen LogP contribution in [0.4, 0.5) is 4.79 Å². The number of nitrogens with zero attached hydrogens (tertiary/aromatic N) is 1. The zero-order valence-electron chi connectivity index (χ0n) is 9.76. The molecule has 0 aromatic rings. The van der Waals surface area contributed by atoms with Crippen molar-refractivity contribution in [3.63, 3.8) is 0 Å². The molecule has 0 aromatic heterocycles. The van der Waals surface area contributed by atoms with Crippen LogP contribution >= 0.6 is 0 Å². The van der Waals surface area contributed by atoms with Crippen LogP contribution in [-0.2, 0) is 4.79 Å². The highest BCUT2D eigenvalue weighted by molar-refractivity contribution is 5.76. The molecule has 0 bridgehead atoms. The van der Waals surface area contributed by atoms with Crippen molar-refractivity contribution >= 4 is 12.0 Å². The van der Waals surface area contributed by atoms with E-state index in [2.05, 4.69) is 17.5 Å². The summed E-state index contributed by atoms with van der Waals surface area (Å²) in [4.78, 5) is 24.4. The summed E-state index contributed by atoms with van der Waals surface area (Å²) < 4.78 is 0. The second-order valence-corrected chi connectivity index (χ2v) is 4.68. The van der Waals surface area contributed by atoms with Crippen molar-refractivity contribution in [2.75, 3.05) is 6.54 Å². The summed E-state index contributed by atoms with van der Waals surface area (Å²) in [6.07, 6.45) is 7.62. The Hall–Kier alpha value is -1.52. The van der Waals surface area contributed by atoms with Gasteiger partial charge in [-0.05, 0) is 25.7 Å². The van der Waals surface area contributed by atoms with Gasteiger partial charge in [0.2, 0.25) is 0 Å². The number of rotatable bonds is 3. The molecule has 2 amide bonds. The van der Waals surface area contributed by atoms with E-state index < -0.39 is 5.97 Å². The smallest absolute Gasteiger partial charge is 0.317 e. The van der Waals surface area contributed by atoms with Gasteiger partial charge < -0.3 is 15.3 Å². The average Bonchev–Trinajstić information content (AvgIpc) is 2.87. The zero-order valence-corrected chi connectivity index (χ0v) is 9.76. The Kier molecular flexibility index (Phi) is 3.66. The van der Waals surface area contributed by atoms with E-state index in [1.807, 2.05) is 0 Å². The summed E-state index contributed by atoms with van der Waals surface area (Å²) >= 11 is 0. The number of amides is 2. The topological polar surface area (TPSA) is 69.6 Å². The summed E-state index contributed by atoms with van der Waals surface area (Å²) in [5.41, 5.74) is 0. The zero-order chi connectivity index (χ0) is 12.3. The Morgan fingerprint density at radius 1 is 1.35 bits per heavy atom. The van der Waals surface area contributed by atoms with E-state index in [9.17, 15) is 9.59 Å². The van der Waals surface area contributed by atoms with Gasteiger partial charge in [0.15, 0.2) is 0 Å². The normalized spacial score (nSPS) is 24.2. The maximum Gasteiger partial charge on any atom is 0.317 e. The van der Waals surface area contributed by atoms with Crippen LogP contribution in [0.15, 0.2) is 12.2 Å². The van der Waals surface area contributed by atoms with Crippen LogP contribution in [0.2, 0.25) is 0 Å². The summed E-state index contributed by atoms with van der Waals surface area (Å²) in [6.45, 7) is 0.671. The van der Waals surface area contributed by atoms with Crippen LogP contribution in [0.5, 0.6) is 0 Å².